The molecule has 3 heteroatoms. The second kappa shape index (κ2) is 4.23. The largest absolute Gasteiger partial charge is 0.366 e. The molecule has 13 heavy (non-hydrogen) atoms. The maximum absolute atomic E-state index is 5.51. The molecular weight excluding hydrogens is 162 g/mol. The molecule has 1 rings (SSSR count). The standard InChI is InChI=1S/C10H17N3/c1-7-4-8(2)10(12-6-7)13-9(3)5-11/h4,6,9H,5,11H2,1-3H3,(H,12,13). The van der Waals surface area contributed by atoms with E-state index in [0.29, 0.717) is 6.54 Å². The first-order chi connectivity index (χ1) is 6.13. The molecule has 3 N–H and O–H groups in total. The first kappa shape index (κ1) is 9.99. The number of aromatic nitrogens is 1. The molecule has 0 aliphatic rings. The molecule has 1 unspecified atom stereocenters. The maximum Gasteiger partial charge on any atom is 0.129 e. The van der Waals surface area contributed by atoms with Crippen molar-refractivity contribution in [3.63, 3.8) is 0 Å². The molecule has 1 aromatic rings. The lowest BCUT2D eigenvalue weighted by atomic mass is 10.2. The molecule has 72 valence electrons. The molecule has 3 nitrogen and oxygen atoms in total. The topological polar surface area (TPSA) is 50.9 Å². The Hall–Kier alpha value is -1.09. The summed E-state index contributed by atoms with van der Waals surface area (Å²) in [5, 5.41) is 3.25. The number of hydrogen-bond donors (Lipinski definition) is 2. The molecule has 0 aromatic carbocycles. The number of hydrogen-bond acceptors (Lipinski definition) is 3. The monoisotopic (exact) mass is 179 g/mol. The smallest absolute Gasteiger partial charge is 0.129 e. The molecule has 0 radical (unpaired) electrons. The van der Waals surface area contributed by atoms with Crippen LogP contribution in [0.1, 0.15) is 18.1 Å². The third-order valence-corrected chi connectivity index (χ3v) is 1.95. The van der Waals surface area contributed by atoms with Gasteiger partial charge in [0.15, 0.2) is 0 Å². The van der Waals surface area contributed by atoms with Crippen LogP contribution in [0.15, 0.2) is 12.3 Å². The van der Waals surface area contributed by atoms with Gasteiger partial charge in [0.05, 0.1) is 0 Å². The zero-order valence-electron chi connectivity index (χ0n) is 8.46. The Morgan fingerprint density at radius 2 is 2.23 bits per heavy atom. The van der Waals surface area contributed by atoms with E-state index < -0.39 is 0 Å². The molecule has 1 aromatic heterocycles. The third-order valence-electron chi connectivity index (χ3n) is 1.95. The minimum atomic E-state index is 0.272. The van der Waals surface area contributed by atoms with Crippen molar-refractivity contribution >= 4 is 5.82 Å². The fourth-order valence-electron chi connectivity index (χ4n) is 1.16. The van der Waals surface area contributed by atoms with E-state index in [9.17, 15) is 0 Å². The van der Waals surface area contributed by atoms with Crippen LogP contribution < -0.4 is 11.1 Å². The molecule has 1 atom stereocenters. The zero-order valence-corrected chi connectivity index (χ0v) is 8.46. The van der Waals surface area contributed by atoms with E-state index in [1.165, 1.54) is 11.1 Å². The van der Waals surface area contributed by atoms with Gasteiger partial charge in [-0.15, -0.1) is 0 Å². The van der Waals surface area contributed by atoms with Crippen LogP contribution in [0.2, 0.25) is 0 Å². The second-order valence-corrected chi connectivity index (χ2v) is 3.46. The highest BCUT2D eigenvalue weighted by Gasteiger charge is 2.02. The summed E-state index contributed by atoms with van der Waals surface area (Å²) in [7, 11) is 0. The van der Waals surface area contributed by atoms with Crippen molar-refractivity contribution in [2.75, 3.05) is 11.9 Å². The molecule has 1 heterocycles. The Labute approximate surface area is 79.4 Å². The van der Waals surface area contributed by atoms with Crippen LogP contribution in [0.3, 0.4) is 0 Å². The summed E-state index contributed by atoms with van der Waals surface area (Å²) in [6, 6.07) is 2.38. The molecular formula is C10H17N3. The van der Waals surface area contributed by atoms with E-state index in [-0.39, 0.29) is 6.04 Å². The van der Waals surface area contributed by atoms with Crippen LogP contribution in [-0.2, 0) is 0 Å². The summed E-state index contributed by atoms with van der Waals surface area (Å²) in [6.45, 7) is 6.75. The summed E-state index contributed by atoms with van der Waals surface area (Å²) in [6.07, 6.45) is 1.86. The number of nitrogens with two attached hydrogens (primary N) is 1. The lowest BCUT2D eigenvalue weighted by molar-refractivity contribution is 0.796. The number of rotatable bonds is 3. The lowest BCUT2D eigenvalue weighted by Gasteiger charge is -2.13. The van der Waals surface area contributed by atoms with E-state index in [2.05, 4.69) is 16.4 Å². The van der Waals surface area contributed by atoms with Gasteiger partial charge in [0, 0.05) is 18.8 Å². The van der Waals surface area contributed by atoms with E-state index in [1.54, 1.807) is 0 Å². The minimum absolute atomic E-state index is 0.272. The molecule has 0 amide bonds. The summed E-state index contributed by atoms with van der Waals surface area (Å²) >= 11 is 0. The van der Waals surface area contributed by atoms with Gasteiger partial charge in [-0.25, -0.2) is 4.98 Å². The van der Waals surface area contributed by atoms with Crippen molar-refractivity contribution in [2.45, 2.75) is 26.8 Å². The van der Waals surface area contributed by atoms with Gasteiger partial charge in [-0.2, -0.15) is 0 Å². The highest BCUT2D eigenvalue weighted by molar-refractivity contribution is 5.44. The summed E-state index contributed by atoms with van der Waals surface area (Å²) in [4.78, 5) is 4.30. The Kier molecular flexibility index (Phi) is 3.25. The normalized spacial score (nSPS) is 12.6. The van der Waals surface area contributed by atoms with Gasteiger partial charge >= 0.3 is 0 Å². The number of anilines is 1. The van der Waals surface area contributed by atoms with Crippen molar-refractivity contribution in [2.24, 2.45) is 5.73 Å². The average molecular weight is 179 g/mol. The Morgan fingerprint density at radius 1 is 1.54 bits per heavy atom. The van der Waals surface area contributed by atoms with Gasteiger partial charge in [0.1, 0.15) is 5.82 Å². The minimum Gasteiger partial charge on any atom is -0.366 e. The molecule has 0 saturated carbocycles. The van der Waals surface area contributed by atoms with E-state index >= 15 is 0 Å². The first-order valence-electron chi connectivity index (χ1n) is 4.53. The van der Waals surface area contributed by atoms with Crippen molar-refractivity contribution in [3.05, 3.63) is 23.4 Å². The van der Waals surface area contributed by atoms with Crippen molar-refractivity contribution in [1.82, 2.24) is 4.98 Å². The first-order valence-corrected chi connectivity index (χ1v) is 4.53. The fraction of sp³-hybridized carbons (Fsp3) is 0.500. The summed E-state index contributed by atoms with van der Waals surface area (Å²) < 4.78 is 0. The second-order valence-electron chi connectivity index (χ2n) is 3.46. The van der Waals surface area contributed by atoms with Crippen LogP contribution >= 0.6 is 0 Å². The van der Waals surface area contributed by atoms with E-state index in [0.717, 1.165) is 5.82 Å². The fourth-order valence-corrected chi connectivity index (χ4v) is 1.16. The molecule has 0 bridgehead atoms. The highest BCUT2D eigenvalue weighted by Crippen LogP contribution is 2.12. The van der Waals surface area contributed by atoms with Crippen LogP contribution in [0.25, 0.3) is 0 Å². The van der Waals surface area contributed by atoms with Gasteiger partial charge in [-0.05, 0) is 31.9 Å². The number of nitrogens with zero attached hydrogens (tertiary/aromatic N) is 1. The summed E-state index contributed by atoms with van der Waals surface area (Å²) in [5.41, 5.74) is 7.86. The van der Waals surface area contributed by atoms with Crippen LogP contribution in [0.5, 0.6) is 0 Å². The Bertz CT molecular complexity index is 283. The SMILES string of the molecule is Cc1cnc(NC(C)CN)c(C)c1. The van der Waals surface area contributed by atoms with Gasteiger partial charge in [0.2, 0.25) is 0 Å². The lowest BCUT2D eigenvalue weighted by Crippen LogP contribution is -2.26. The van der Waals surface area contributed by atoms with Crippen LogP contribution in [0.4, 0.5) is 5.82 Å². The van der Waals surface area contributed by atoms with Crippen LogP contribution in [0, 0.1) is 13.8 Å². The quantitative estimate of drug-likeness (QED) is 0.738. The molecule has 0 aliphatic carbocycles. The number of pyridine rings is 1. The predicted molar refractivity (Wildman–Crippen MR) is 55.9 cm³/mol. The van der Waals surface area contributed by atoms with Gasteiger partial charge in [-0.1, -0.05) is 6.07 Å². The van der Waals surface area contributed by atoms with Crippen molar-refractivity contribution < 1.29 is 0 Å². The van der Waals surface area contributed by atoms with Gasteiger partial charge in [0.25, 0.3) is 0 Å². The van der Waals surface area contributed by atoms with Crippen molar-refractivity contribution in [3.8, 4) is 0 Å². The third kappa shape index (κ3) is 2.70. The summed E-state index contributed by atoms with van der Waals surface area (Å²) in [5.74, 6) is 0.934. The number of aryl methyl sites for hydroxylation is 2. The maximum atomic E-state index is 5.51. The highest BCUT2D eigenvalue weighted by atomic mass is 15.0. The van der Waals surface area contributed by atoms with E-state index in [4.69, 9.17) is 5.73 Å². The van der Waals surface area contributed by atoms with Gasteiger partial charge in [-0.3, -0.25) is 0 Å². The van der Waals surface area contributed by atoms with E-state index in [1.807, 2.05) is 27.0 Å². The Balaban J connectivity index is 2.77. The molecule has 0 spiro atoms. The number of nitrogens with one attached hydrogen (secondary N) is 1. The Morgan fingerprint density at radius 3 is 2.77 bits per heavy atom. The van der Waals surface area contributed by atoms with Crippen LogP contribution in [-0.4, -0.2) is 17.6 Å². The van der Waals surface area contributed by atoms with Crippen molar-refractivity contribution in [1.29, 1.82) is 0 Å². The molecule has 0 saturated heterocycles. The zero-order chi connectivity index (χ0) is 9.84. The average Bonchev–Trinajstić information content (AvgIpc) is 2.09. The molecule has 0 fully saturated rings. The molecule has 0 aliphatic heterocycles. The van der Waals surface area contributed by atoms with Gasteiger partial charge < -0.3 is 11.1 Å². The predicted octanol–water partition coefficient (Wildman–Crippen LogP) is 1.46.